The lowest BCUT2D eigenvalue weighted by Gasteiger charge is -2.41. The number of piperidine rings is 1. The third kappa shape index (κ3) is 4.39. The number of benzene rings is 1. The van der Waals surface area contributed by atoms with Crippen LogP contribution in [0.2, 0.25) is 0 Å². The molecule has 1 atom stereocenters. The Labute approximate surface area is 187 Å². The van der Waals surface area contributed by atoms with Crippen LogP contribution in [-0.2, 0) is 15.0 Å². The molecule has 170 valence electrons. The lowest BCUT2D eigenvalue weighted by atomic mass is 9.73. The van der Waals surface area contributed by atoms with Crippen molar-refractivity contribution in [3.63, 3.8) is 0 Å². The van der Waals surface area contributed by atoms with E-state index in [0.717, 1.165) is 71.4 Å². The lowest BCUT2D eigenvalue weighted by Crippen LogP contribution is -2.47. The number of nitrogens with zero attached hydrogens (tertiary/aromatic N) is 3. The van der Waals surface area contributed by atoms with Crippen molar-refractivity contribution in [2.45, 2.75) is 63.7 Å². The highest BCUT2D eigenvalue weighted by atomic mass is 16.2. The first kappa shape index (κ1) is 22.3. The Morgan fingerprint density at radius 3 is 2.26 bits per heavy atom. The second-order valence-electron chi connectivity index (χ2n) is 10.00. The van der Waals surface area contributed by atoms with Crippen LogP contribution in [-0.4, -0.2) is 72.8 Å². The van der Waals surface area contributed by atoms with E-state index in [4.69, 9.17) is 0 Å². The van der Waals surface area contributed by atoms with E-state index in [9.17, 15) is 9.59 Å². The fourth-order valence-electron chi connectivity index (χ4n) is 6.13. The van der Waals surface area contributed by atoms with Crippen LogP contribution in [0.3, 0.4) is 0 Å². The molecule has 1 aromatic carbocycles. The van der Waals surface area contributed by atoms with Crippen molar-refractivity contribution in [1.82, 2.24) is 14.7 Å². The Bertz CT molecular complexity index is 788. The summed E-state index contributed by atoms with van der Waals surface area (Å²) >= 11 is 0. The monoisotopic (exact) mass is 425 g/mol. The molecule has 3 aliphatic rings. The van der Waals surface area contributed by atoms with Crippen LogP contribution in [0.4, 0.5) is 0 Å². The first-order valence-corrected chi connectivity index (χ1v) is 12.3. The molecule has 0 N–H and O–H groups in total. The summed E-state index contributed by atoms with van der Waals surface area (Å²) < 4.78 is 0. The van der Waals surface area contributed by atoms with Crippen molar-refractivity contribution >= 4 is 11.8 Å². The molecule has 5 heteroatoms. The normalized spacial score (nSPS) is 23.4. The van der Waals surface area contributed by atoms with Gasteiger partial charge in [0.15, 0.2) is 0 Å². The van der Waals surface area contributed by atoms with Gasteiger partial charge < -0.3 is 14.7 Å². The maximum Gasteiger partial charge on any atom is 0.225 e. The van der Waals surface area contributed by atoms with E-state index in [1.165, 1.54) is 11.1 Å². The van der Waals surface area contributed by atoms with Gasteiger partial charge in [-0.05, 0) is 61.6 Å². The van der Waals surface area contributed by atoms with Crippen LogP contribution in [0.5, 0.6) is 0 Å². The first-order valence-electron chi connectivity index (χ1n) is 12.3. The molecule has 2 amide bonds. The molecule has 1 aromatic rings. The van der Waals surface area contributed by atoms with Gasteiger partial charge in [-0.1, -0.05) is 38.1 Å². The molecule has 1 spiro atoms. The maximum atomic E-state index is 13.1. The van der Waals surface area contributed by atoms with E-state index in [1.807, 2.05) is 0 Å². The standard InChI is InChI=1S/C26H39N3O2/c1-4-20(5-2)25(31)29-12-10-26(11-13-29)19-21(22-8-6-7-9-23(22)26)18-24(30)28-16-14-27(3)15-17-28/h6-9,20-21H,4-5,10-19H2,1-3H3/t21-/m1/s1. The summed E-state index contributed by atoms with van der Waals surface area (Å²) in [5, 5.41) is 0. The number of piperazine rings is 1. The zero-order chi connectivity index (χ0) is 22.0. The predicted octanol–water partition coefficient (Wildman–Crippen LogP) is 3.63. The molecular formula is C26H39N3O2. The quantitative estimate of drug-likeness (QED) is 0.724. The number of likely N-dealkylation sites (tertiary alicyclic amines) is 1. The van der Waals surface area contributed by atoms with Crippen molar-refractivity contribution in [3.05, 3.63) is 35.4 Å². The van der Waals surface area contributed by atoms with Crippen LogP contribution in [0.25, 0.3) is 0 Å². The molecule has 2 aliphatic heterocycles. The fourth-order valence-corrected chi connectivity index (χ4v) is 6.13. The van der Waals surface area contributed by atoms with Crippen LogP contribution < -0.4 is 0 Å². The summed E-state index contributed by atoms with van der Waals surface area (Å²) in [7, 11) is 2.12. The Hall–Kier alpha value is -1.88. The average Bonchev–Trinajstić information content (AvgIpc) is 3.08. The van der Waals surface area contributed by atoms with Crippen molar-refractivity contribution in [3.8, 4) is 0 Å². The largest absolute Gasteiger partial charge is 0.342 e. The molecule has 31 heavy (non-hydrogen) atoms. The minimum absolute atomic E-state index is 0.133. The number of carbonyl (C=O) groups excluding carboxylic acids is 2. The highest BCUT2D eigenvalue weighted by molar-refractivity contribution is 5.79. The van der Waals surface area contributed by atoms with Gasteiger partial charge in [-0.25, -0.2) is 0 Å². The Kier molecular flexibility index (Phi) is 6.71. The van der Waals surface area contributed by atoms with Crippen LogP contribution in [0.1, 0.15) is 69.4 Å². The molecule has 0 unspecified atom stereocenters. The van der Waals surface area contributed by atoms with Gasteiger partial charge in [-0.2, -0.15) is 0 Å². The average molecular weight is 426 g/mol. The number of hydrogen-bond donors (Lipinski definition) is 0. The predicted molar refractivity (Wildman–Crippen MR) is 124 cm³/mol. The number of carbonyl (C=O) groups is 2. The highest BCUT2D eigenvalue weighted by Gasteiger charge is 2.46. The molecule has 1 aliphatic carbocycles. The number of likely N-dealkylation sites (N-methyl/N-ethyl adjacent to an activating group) is 1. The van der Waals surface area contributed by atoms with E-state index in [1.54, 1.807) is 0 Å². The fraction of sp³-hybridized carbons (Fsp3) is 0.692. The van der Waals surface area contributed by atoms with Gasteiger partial charge in [0.05, 0.1) is 0 Å². The summed E-state index contributed by atoms with van der Waals surface area (Å²) in [6, 6.07) is 8.80. The van der Waals surface area contributed by atoms with Crippen molar-refractivity contribution in [2.75, 3.05) is 46.3 Å². The minimum Gasteiger partial charge on any atom is -0.342 e. The molecule has 0 saturated carbocycles. The number of amides is 2. The van der Waals surface area contributed by atoms with E-state index < -0.39 is 0 Å². The maximum absolute atomic E-state index is 13.1. The SMILES string of the molecule is CCC(CC)C(=O)N1CCC2(CC1)C[C@@H](CC(=O)N1CCN(C)CC1)c1ccccc12. The van der Waals surface area contributed by atoms with Gasteiger partial charge in [0.1, 0.15) is 0 Å². The zero-order valence-corrected chi connectivity index (χ0v) is 19.6. The molecule has 0 aromatic heterocycles. The molecule has 0 bridgehead atoms. The second-order valence-corrected chi connectivity index (χ2v) is 10.00. The number of rotatable bonds is 5. The van der Waals surface area contributed by atoms with E-state index in [2.05, 4.69) is 59.9 Å². The summed E-state index contributed by atoms with van der Waals surface area (Å²) in [5.41, 5.74) is 2.96. The summed E-state index contributed by atoms with van der Waals surface area (Å²) in [5.74, 6) is 1.13. The molecule has 0 radical (unpaired) electrons. The molecule has 5 nitrogen and oxygen atoms in total. The van der Waals surface area contributed by atoms with Gasteiger partial charge >= 0.3 is 0 Å². The Morgan fingerprint density at radius 2 is 1.61 bits per heavy atom. The summed E-state index contributed by atoms with van der Waals surface area (Å²) in [6.07, 6.45) is 5.58. The smallest absolute Gasteiger partial charge is 0.225 e. The molecular weight excluding hydrogens is 386 g/mol. The van der Waals surface area contributed by atoms with E-state index >= 15 is 0 Å². The van der Waals surface area contributed by atoms with Gasteiger partial charge in [0, 0.05) is 51.6 Å². The zero-order valence-electron chi connectivity index (χ0n) is 19.6. The van der Waals surface area contributed by atoms with Gasteiger partial charge in [-0.15, -0.1) is 0 Å². The van der Waals surface area contributed by atoms with Gasteiger partial charge in [-0.3, -0.25) is 9.59 Å². The molecule has 2 heterocycles. The van der Waals surface area contributed by atoms with Crippen molar-refractivity contribution in [1.29, 1.82) is 0 Å². The van der Waals surface area contributed by atoms with Gasteiger partial charge in [0.2, 0.25) is 11.8 Å². The Balaban J connectivity index is 1.45. The summed E-state index contributed by atoms with van der Waals surface area (Å²) in [4.78, 5) is 32.4. The topological polar surface area (TPSA) is 43.9 Å². The second kappa shape index (κ2) is 9.32. The minimum atomic E-state index is 0.133. The lowest BCUT2D eigenvalue weighted by molar-refractivity contribution is -0.137. The molecule has 2 saturated heterocycles. The van der Waals surface area contributed by atoms with E-state index in [0.29, 0.717) is 24.2 Å². The third-order valence-electron chi connectivity index (χ3n) is 8.25. The van der Waals surface area contributed by atoms with Crippen LogP contribution >= 0.6 is 0 Å². The summed E-state index contributed by atoms with van der Waals surface area (Å²) in [6.45, 7) is 9.57. The van der Waals surface area contributed by atoms with Crippen molar-refractivity contribution < 1.29 is 9.59 Å². The number of hydrogen-bond acceptors (Lipinski definition) is 3. The van der Waals surface area contributed by atoms with Crippen LogP contribution in [0, 0.1) is 5.92 Å². The van der Waals surface area contributed by atoms with Gasteiger partial charge in [0.25, 0.3) is 0 Å². The highest BCUT2D eigenvalue weighted by Crippen LogP contribution is 2.52. The van der Waals surface area contributed by atoms with E-state index in [-0.39, 0.29) is 11.3 Å². The Morgan fingerprint density at radius 1 is 0.968 bits per heavy atom. The van der Waals surface area contributed by atoms with Crippen LogP contribution in [0.15, 0.2) is 24.3 Å². The number of fused-ring (bicyclic) bond motifs is 2. The molecule has 2 fully saturated rings. The first-order chi connectivity index (χ1) is 15.0. The van der Waals surface area contributed by atoms with Crippen molar-refractivity contribution in [2.24, 2.45) is 5.92 Å². The third-order valence-corrected chi connectivity index (χ3v) is 8.25. The molecule has 4 rings (SSSR count).